The van der Waals surface area contributed by atoms with E-state index in [4.69, 9.17) is 11.6 Å². The fraction of sp³-hybridized carbons (Fsp3) is 0. The lowest BCUT2D eigenvalue weighted by atomic mass is 9.98. The summed E-state index contributed by atoms with van der Waals surface area (Å²) < 4.78 is 2.63. The van der Waals surface area contributed by atoms with Gasteiger partial charge in [0.2, 0.25) is 0 Å². The third-order valence-electron chi connectivity index (χ3n) is 5.06. The number of halogens is 1. The van der Waals surface area contributed by atoms with Crippen LogP contribution < -0.4 is 0 Å². The summed E-state index contributed by atoms with van der Waals surface area (Å²) in [5.74, 6) is 0. The first-order valence-electron chi connectivity index (χ1n) is 7.98. The van der Waals surface area contributed by atoms with Crippen LogP contribution in [0.2, 0.25) is 5.02 Å². The van der Waals surface area contributed by atoms with E-state index in [0.717, 1.165) is 5.02 Å². The summed E-state index contributed by atoms with van der Waals surface area (Å²) in [6.07, 6.45) is 0. The zero-order chi connectivity index (χ0) is 15.8. The molecule has 0 fully saturated rings. The minimum atomic E-state index is 0.800. The van der Waals surface area contributed by atoms with Crippen molar-refractivity contribution in [3.8, 4) is 22.3 Å². The van der Waals surface area contributed by atoms with Crippen molar-refractivity contribution in [1.82, 2.24) is 0 Å². The first-order chi connectivity index (χ1) is 11.8. The largest absolute Gasteiger partial charge is 0.135 e. The number of thiophene rings is 1. The van der Waals surface area contributed by atoms with Gasteiger partial charge in [-0.15, -0.1) is 11.3 Å². The van der Waals surface area contributed by atoms with Crippen molar-refractivity contribution in [2.24, 2.45) is 0 Å². The molecule has 5 aromatic rings. The average molecular weight is 343 g/mol. The molecular formula is C22H11ClS. The summed E-state index contributed by atoms with van der Waals surface area (Å²) in [7, 11) is 0. The Labute approximate surface area is 147 Å². The van der Waals surface area contributed by atoms with Gasteiger partial charge in [-0.25, -0.2) is 0 Å². The van der Waals surface area contributed by atoms with Crippen LogP contribution in [0.1, 0.15) is 0 Å². The second-order valence-electron chi connectivity index (χ2n) is 6.31. The fourth-order valence-electron chi connectivity index (χ4n) is 4.11. The van der Waals surface area contributed by atoms with Gasteiger partial charge in [-0.05, 0) is 57.3 Å². The highest BCUT2D eigenvalue weighted by Crippen LogP contribution is 2.51. The molecule has 2 heteroatoms. The standard InChI is InChI=1S/C22H11ClS/c23-12-8-9-19-18(10-12)22-16-7-3-6-15-13-4-1-2-5-14(13)17(21(15)16)11-20(22)24-19/h1-11H. The zero-order valence-electron chi connectivity index (χ0n) is 12.6. The second-order valence-corrected chi connectivity index (χ2v) is 7.83. The van der Waals surface area contributed by atoms with E-state index in [0.29, 0.717) is 0 Å². The molecule has 0 nitrogen and oxygen atoms in total. The Morgan fingerprint density at radius 3 is 2.25 bits per heavy atom. The number of hydrogen-bond donors (Lipinski definition) is 0. The van der Waals surface area contributed by atoms with Crippen LogP contribution in [0.15, 0.2) is 66.7 Å². The molecule has 0 spiro atoms. The van der Waals surface area contributed by atoms with Crippen molar-refractivity contribution in [1.29, 1.82) is 0 Å². The number of hydrogen-bond acceptors (Lipinski definition) is 1. The number of fused-ring (bicyclic) bond motifs is 7. The molecule has 0 N–H and O–H groups in total. The average Bonchev–Trinajstić information content (AvgIpc) is 3.13. The van der Waals surface area contributed by atoms with Gasteiger partial charge >= 0.3 is 0 Å². The number of benzene rings is 4. The highest BCUT2D eigenvalue weighted by molar-refractivity contribution is 7.26. The van der Waals surface area contributed by atoms with Gasteiger partial charge in [0.05, 0.1) is 0 Å². The van der Waals surface area contributed by atoms with E-state index in [9.17, 15) is 0 Å². The van der Waals surface area contributed by atoms with E-state index in [1.54, 1.807) is 0 Å². The minimum absolute atomic E-state index is 0.800. The Bertz CT molecular complexity index is 1310. The van der Waals surface area contributed by atoms with Gasteiger partial charge in [0, 0.05) is 25.2 Å². The van der Waals surface area contributed by atoms with Crippen LogP contribution in [0.5, 0.6) is 0 Å². The lowest BCUT2D eigenvalue weighted by Gasteiger charge is -2.05. The molecule has 0 unspecified atom stereocenters. The van der Waals surface area contributed by atoms with E-state index >= 15 is 0 Å². The van der Waals surface area contributed by atoms with E-state index in [-0.39, 0.29) is 0 Å². The molecule has 1 aliphatic rings. The van der Waals surface area contributed by atoms with Crippen LogP contribution in [0.3, 0.4) is 0 Å². The maximum absolute atomic E-state index is 6.28. The van der Waals surface area contributed by atoms with E-state index in [2.05, 4.69) is 60.7 Å². The van der Waals surface area contributed by atoms with Gasteiger partial charge < -0.3 is 0 Å². The molecule has 0 atom stereocenters. The molecule has 6 rings (SSSR count). The summed E-state index contributed by atoms with van der Waals surface area (Å²) in [5, 5.41) is 6.12. The van der Waals surface area contributed by atoms with Gasteiger partial charge in [-0.3, -0.25) is 0 Å². The quantitative estimate of drug-likeness (QED) is 0.268. The normalized spacial score (nSPS) is 12.4. The molecule has 0 saturated heterocycles. The Morgan fingerprint density at radius 1 is 0.583 bits per heavy atom. The van der Waals surface area contributed by atoms with Crippen LogP contribution in [0.4, 0.5) is 0 Å². The highest BCUT2D eigenvalue weighted by Gasteiger charge is 2.23. The Balaban J connectivity index is 1.92. The highest BCUT2D eigenvalue weighted by atomic mass is 35.5. The van der Waals surface area contributed by atoms with Gasteiger partial charge in [-0.1, -0.05) is 54.1 Å². The molecule has 0 bridgehead atoms. The molecule has 112 valence electrons. The van der Waals surface area contributed by atoms with Gasteiger partial charge in [0.25, 0.3) is 0 Å². The molecule has 0 amide bonds. The van der Waals surface area contributed by atoms with Crippen LogP contribution in [0.25, 0.3) is 53.2 Å². The first kappa shape index (κ1) is 13.0. The molecule has 0 aliphatic heterocycles. The first-order valence-corrected chi connectivity index (χ1v) is 9.18. The van der Waals surface area contributed by atoms with Crippen LogP contribution in [-0.4, -0.2) is 0 Å². The van der Waals surface area contributed by atoms with Crippen molar-refractivity contribution >= 4 is 53.9 Å². The van der Waals surface area contributed by atoms with Crippen LogP contribution >= 0.6 is 22.9 Å². The fourth-order valence-corrected chi connectivity index (χ4v) is 5.43. The lowest BCUT2D eigenvalue weighted by Crippen LogP contribution is -1.77. The summed E-state index contributed by atoms with van der Waals surface area (Å²) >= 11 is 8.13. The smallest absolute Gasteiger partial charge is 0.0413 e. The molecular weight excluding hydrogens is 332 g/mol. The maximum atomic E-state index is 6.28. The summed E-state index contributed by atoms with van der Waals surface area (Å²) in [5.41, 5.74) is 5.40. The van der Waals surface area contributed by atoms with Crippen LogP contribution in [-0.2, 0) is 0 Å². The summed E-state index contributed by atoms with van der Waals surface area (Å²) in [4.78, 5) is 0. The third-order valence-corrected chi connectivity index (χ3v) is 6.42. The predicted octanol–water partition coefficient (Wildman–Crippen LogP) is 7.51. The van der Waals surface area contributed by atoms with Gasteiger partial charge in [-0.2, -0.15) is 0 Å². The van der Waals surface area contributed by atoms with Gasteiger partial charge in [0.1, 0.15) is 0 Å². The monoisotopic (exact) mass is 342 g/mol. The molecule has 1 heterocycles. The number of rotatable bonds is 0. The van der Waals surface area contributed by atoms with Crippen molar-refractivity contribution < 1.29 is 0 Å². The minimum Gasteiger partial charge on any atom is -0.135 e. The SMILES string of the molecule is Clc1ccc2sc3cc4c5c(cccc5c3c2c1)-c1ccccc1-4. The van der Waals surface area contributed by atoms with E-state index in [1.165, 1.54) is 53.2 Å². The third kappa shape index (κ3) is 1.49. The molecule has 0 radical (unpaired) electrons. The molecule has 24 heavy (non-hydrogen) atoms. The molecule has 1 aliphatic carbocycles. The summed E-state index contributed by atoms with van der Waals surface area (Å²) in [6.45, 7) is 0. The Morgan fingerprint density at radius 2 is 1.38 bits per heavy atom. The Kier molecular flexibility index (Phi) is 2.37. The Hall–Kier alpha value is -2.35. The van der Waals surface area contributed by atoms with Crippen LogP contribution in [0, 0.1) is 0 Å². The molecule has 4 aromatic carbocycles. The van der Waals surface area contributed by atoms with Crippen molar-refractivity contribution in [3.63, 3.8) is 0 Å². The molecule has 0 saturated carbocycles. The predicted molar refractivity (Wildman–Crippen MR) is 106 cm³/mol. The van der Waals surface area contributed by atoms with E-state index in [1.807, 2.05) is 17.4 Å². The van der Waals surface area contributed by atoms with Gasteiger partial charge in [0.15, 0.2) is 0 Å². The second kappa shape index (κ2) is 4.38. The topological polar surface area (TPSA) is 0 Å². The van der Waals surface area contributed by atoms with Crippen molar-refractivity contribution in [2.75, 3.05) is 0 Å². The zero-order valence-corrected chi connectivity index (χ0v) is 14.2. The summed E-state index contributed by atoms with van der Waals surface area (Å²) in [6, 6.07) is 24.0. The van der Waals surface area contributed by atoms with E-state index < -0.39 is 0 Å². The van der Waals surface area contributed by atoms with Crippen molar-refractivity contribution in [3.05, 3.63) is 71.8 Å². The van der Waals surface area contributed by atoms with Crippen molar-refractivity contribution in [2.45, 2.75) is 0 Å². The molecule has 1 aromatic heterocycles. The maximum Gasteiger partial charge on any atom is 0.0413 e. The lowest BCUT2D eigenvalue weighted by molar-refractivity contribution is 1.70.